The number of nitrogens with one attached hydrogen (secondary N) is 1. The van der Waals surface area contributed by atoms with Gasteiger partial charge in [-0.25, -0.2) is 0 Å². The summed E-state index contributed by atoms with van der Waals surface area (Å²) in [5, 5.41) is 4.07. The van der Waals surface area contributed by atoms with E-state index >= 15 is 0 Å². The molecule has 2 aromatic rings. The molecule has 0 unspecified atom stereocenters. The lowest BCUT2D eigenvalue weighted by molar-refractivity contribution is 0.0935. The molecule has 0 aliphatic rings. The van der Waals surface area contributed by atoms with Crippen LogP contribution in [0.15, 0.2) is 24.3 Å². The second-order valence-electron chi connectivity index (χ2n) is 5.69. The Morgan fingerprint density at radius 1 is 1.16 bits per heavy atom. The summed E-state index contributed by atoms with van der Waals surface area (Å²) in [6, 6.07) is 8.52. The summed E-state index contributed by atoms with van der Waals surface area (Å²) in [5.74, 6) is 0.484. The number of fused-ring (bicyclic) bond motifs is 1. The maximum Gasteiger partial charge on any atom is 0.268 e. The zero-order chi connectivity index (χ0) is 14.2. The van der Waals surface area contributed by atoms with Crippen LogP contribution < -0.4 is 5.32 Å². The zero-order valence-electron chi connectivity index (χ0n) is 12.3. The topological polar surface area (TPSA) is 34.0 Å². The Labute approximate surface area is 114 Å². The molecule has 0 spiro atoms. The minimum absolute atomic E-state index is 0.0141. The van der Waals surface area contributed by atoms with E-state index in [1.54, 1.807) is 0 Å². The molecule has 0 bridgehead atoms. The van der Waals surface area contributed by atoms with Crippen molar-refractivity contribution in [1.29, 1.82) is 0 Å². The van der Waals surface area contributed by atoms with Crippen molar-refractivity contribution in [3.05, 3.63) is 35.5 Å². The van der Waals surface area contributed by atoms with Crippen LogP contribution in [0.4, 0.5) is 0 Å². The van der Waals surface area contributed by atoms with Crippen LogP contribution in [0.5, 0.6) is 0 Å². The zero-order valence-corrected chi connectivity index (χ0v) is 12.3. The molecule has 3 nitrogen and oxygen atoms in total. The summed E-state index contributed by atoms with van der Waals surface area (Å²) in [4.78, 5) is 12.1. The van der Waals surface area contributed by atoms with Gasteiger partial charge in [-0.15, -0.1) is 0 Å². The molecule has 19 heavy (non-hydrogen) atoms. The Morgan fingerprint density at radius 3 is 2.42 bits per heavy atom. The first kappa shape index (κ1) is 13.7. The van der Waals surface area contributed by atoms with E-state index in [0.717, 1.165) is 10.9 Å². The predicted molar refractivity (Wildman–Crippen MR) is 79.6 cm³/mol. The molecule has 1 aromatic carbocycles. The average molecular weight is 258 g/mol. The number of amides is 1. The molecule has 0 saturated heterocycles. The van der Waals surface area contributed by atoms with E-state index in [1.807, 2.05) is 31.5 Å². The monoisotopic (exact) mass is 258 g/mol. The summed E-state index contributed by atoms with van der Waals surface area (Å²) in [6.07, 6.45) is 0. The standard InChI is InChI=1S/C16H22N2O/c1-10(2)12-6-7-14-13(8-12)9-15(18(14)5)16(19)17-11(3)4/h6-11H,1-5H3,(H,17,19). The van der Waals surface area contributed by atoms with Gasteiger partial charge in [-0.3, -0.25) is 4.79 Å². The van der Waals surface area contributed by atoms with E-state index in [4.69, 9.17) is 0 Å². The molecule has 0 atom stereocenters. The molecule has 2 rings (SSSR count). The lowest BCUT2D eigenvalue weighted by Gasteiger charge is -2.09. The summed E-state index contributed by atoms with van der Waals surface area (Å²) in [7, 11) is 1.94. The van der Waals surface area contributed by atoms with Crippen molar-refractivity contribution in [3.8, 4) is 0 Å². The van der Waals surface area contributed by atoms with Gasteiger partial charge in [0, 0.05) is 24.0 Å². The number of rotatable bonds is 3. The molecule has 0 aliphatic heterocycles. The SMILES string of the molecule is CC(C)NC(=O)c1cc2cc(C(C)C)ccc2n1C. The minimum atomic E-state index is -0.0141. The van der Waals surface area contributed by atoms with Crippen LogP contribution in [0, 0.1) is 0 Å². The number of hydrogen-bond donors (Lipinski definition) is 1. The molecule has 0 saturated carbocycles. The Morgan fingerprint density at radius 2 is 1.84 bits per heavy atom. The van der Waals surface area contributed by atoms with Crippen molar-refractivity contribution in [1.82, 2.24) is 9.88 Å². The van der Waals surface area contributed by atoms with Gasteiger partial charge in [-0.2, -0.15) is 0 Å². The van der Waals surface area contributed by atoms with Crippen LogP contribution in [0.2, 0.25) is 0 Å². The first-order valence-electron chi connectivity index (χ1n) is 6.80. The molecule has 102 valence electrons. The van der Waals surface area contributed by atoms with E-state index in [1.165, 1.54) is 5.56 Å². The van der Waals surface area contributed by atoms with Crippen LogP contribution in [-0.2, 0) is 7.05 Å². The summed E-state index contributed by atoms with van der Waals surface area (Å²) < 4.78 is 1.96. The van der Waals surface area contributed by atoms with Crippen molar-refractivity contribution < 1.29 is 4.79 Å². The van der Waals surface area contributed by atoms with Crippen LogP contribution >= 0.6 is 0 Å². The van der Waals surface area contributed by atoms with Crippen LogP contribution in [0.3, 0.4) is 0 Å². The first-order chi connectivity index (χ1) is 8.90. The average Bonchev–Trinajstić information content (AvgIpc) is 2.65. The lowest BCUT2D eigenvalue weighted by atomic mass is 10.0. The Kier molecular flexibility index (Phi) is 3.65. The highest BCUT2D eigenvalue weighted by molar-refractivity contribution is 5.99. The molecule has 1 heterocycles. The number of benzene rings is 1. The maximum absolute atomic E-state index is 12.1. The number of aryl methyl sites for hydroxylation is 1. The smallest absolute Gasteiger partial charge is 0.268 e. The van der Waals surface area contributed by atoms with Crippen molar-refractivity contribution in [2.45, 2.75) is 39.7 Å². The number of hydrogen-bond acceptors (Lipinski definition) is 1. The van der Waals surface area contributed by atoms with Gasteiger partial charge in [0.05, 0.1) is 0 Å². The van der Waals surface area contributed by atoms with Gasteiger partial charge in [0.1, 0.15) is 5.69 Å². The second kappa shape index (κ2) is 5.08. The summed E-state index contributed by atoms with van der Waals surface area (Å²) in [6.45, 7) is 8.29. The number of nitrogens with zero attached hydrogens (tertiary/aromatic N) is 1. The van der Waals surface area contributed by atoms with E-state index in [2.05, 4.69) is 37.4 Å². The van der Waals surface area contributed by atoms with Crippen molar-refractivity contribution in [3.63, 3.8) is 0 Å². The van der Waals surface area contributed by atoms with E-state index in [0.29, 0.717) is 11.6 Å². The molecule has 1 amide bonds. The number of aromatic nitrogens is 1. The molecule has 0 aliphatic carbocycles. The molecular weight excluding hydrogens is 236 g/mol. The van der Waals surface area contributed by atoms with Crippen LogP contribution in [-0.4, -0.2) is 16.5 Å². The van der Waals surface area contributed by atoms with E-state index in [-0.39, 0.29) is 11.9 Å². The molecule has 0 fully saturated rings. The molecule has 1 aromatic heterocycles. The largest absolute Gasteiger partial charge is 0.349 e. The van der Waals surface area contributed by atoms with Gasteiger partial charge in [0.15, 0.2) is 0 Å². The summed E-state index contributed by atoms with van der Waals surface area (Å²) in [5.41, 5.74) is 3.11. The van der Waals surface area contributed by atoms with E-state index in [9.17, 15) is 4.79 Å². The highest BCUT2D eigenvalue weighted by Gasteiger charge is 2.14. The third-order valence-corrected chi connectivity index (χ3v) is 3.39. The normalized spacial score (nSPS) is 11.5. The van der Waals surface area contributed by atoms with Gasteiger partial charge < -0.3 is 9.88 Å². The van der Waals surface area contributed by atoms with Gasteiger partial charge in [-0.1, -0.05) is 19.9 Å². The fourth-order valence-corrected chi connectivity index (χ4v) is 2.28. The third-order valence-electron chi connectivity index (χ3n) is 3.39. The first-order valence-corrected chi connectivity index (χ1v) is 6.80. The Bertz CT molecular complexity index is 608. The fraction of sp³-hybridized carbons (Fsp3) is 0.438. The lowest BCUT2D eigenvalue weighted by Crippen LogP contribution is -2.31. The fourth-order valence-electron chi connectivity index (χ4n) is 2.28. The highest BCUT2D eigenvalue weighted by Crippen LogP contribution is 2.24. The Balaban J connectivity index is 2.47. The quantitative estimate of drug-likeness (QED) is 0.899. The van der Waals surface area contributed by atoms with Crippen molar-refractivity contribution >= 4 is 16.8 Å². The van der Waals surface area contributed by atoms with E-state index < -0.39 is 0 Å². The molecule has 3 heteroatoms. The van der Waals surface area contributed by atoms with Crippen LogP contribution in [0.1, 0.15) is 49.7 Å². The molecule has 1 N–H and O–H groups in total. The van der Waals surface area contributed by atoms with Crippen molar-refractivity contribution in [2.24, 2.45) is 7.05 Å². The third kappa shape index (κ3) is 2.65. The van der Waals surface area contributed by atoms with Gasteiger partial charge in [-0.05, 0) is 43.5 Å². The predicted octanol–water partition coefficient (Wildman–Crippen LogP) is 3.44. The second-order valence-corrected chi connectivity index (χ2v) is 5.69. The minimum Gasteiger partial charge on any atom is -0.349 e. The van der Waals surface area contributed by atoms with Crippen molar-refractivity contribution in [2.75, 3.05) is 0 Å². The molecular formula is C16H22N2O. The number of carbonyl (C=O) groups excluding carboxylic acids is 1. The summed E-state index contributed by atoms with van der Waals surface area (Å²) >= 11 is 0. The van der Waals surface area contributed by atoms with Gasteiger partial charge in [0.25, 0.3) is 5.91 Å². The highest BCUT2D eigenvalue weighted by atomic mass is 16.2. The number of carbonyl (C=O) groups is 1. The van der Waals surface area contributed by atoms with Crippen LogP contribution in [0.25, 0.3) is 10.9 Å². The Hall–Kier alpha value is -1.77. The molecule has 0 radical (unpaired) electrons. The maximum atomic E-state index is 12.1. The van der Waals surface area contributed by atoms with Gasteiger partial charge in [0.2, 0.25) is 0 Å². The van der Waals surface area contributed by atoms with Gasteiger partial charge >= 0.3 is 0 Å².